The van der Waals surface area contributed by atoms with Crippen LogP contribution in [0.5, 0.6) is 0 Å². The lowest BCUT2D eigenvalue weighted by atomic mass is 9.60. The van der Waals surface area contributed by atoms with Crippen LogP contribution in [0, 0.1) is 23.2 Å². The number of hydrogen-bond acceptors (Lipinski definition) is 0. The fourth-order valence-electron chi connectivity index (χ4n) is 5.57. The number of halogens is 1. The maximum atomic E-state index is 4.66. The summed E-state index contributed by atoms with van der Waals surface area (Å²) < 4.78 is 0.797. The zero-order chi connectivity index (χ0) is 19.3. The molecule has 0 radical (unpaired) electrons. The Kier molecular flexibility index (Phi) is 8.76. The predicted octanol–water partition coefficient (Wildman–Crippen LogP) is 8.90. The number of alkyl halides is 1. The molecule has 2 fully saturated rings. The zero-order valence-corrected chi connectivity index (χ0v) is 20.3. The fraction of sp³-hybridized carbons (Fsp3) is 0.840. The van der Waals surface area contributed by atoms with Gasteiger partial charge in [0.1, 0.15) is 0 Å². The summed E-state index contributed by atoms with van der Waals surface area (Å²) in [6.45, 7) is 16.6. The topological polar surface area (TPSA) is 0 Å². The van der Waals surface area contributed by atoms with Gasteiger partial charge in [-0.3, -0.25) is 0 Å². The minimum atomic E-state index is 0.368. The molecule has 0 aromatic carbocycles. The molecule has 0 amide bonds. The molecular weight excluding hydrogens is 427 g/mol. The Morgan fingerprint density at radius 1 is 0.962 bits per heavy atom. The Morgan fingerprint density at radius 2 is 1.50 bits per heavy atom. The molecule has 0 nitrogen and oxygen atoms in total. The normalized spacial score (nSPS) is 22.2. The molecule has 1 unspecified atom stereocenters. The van der Waals surface area contributed by atoms with E-state index in [0.717, 1.165) is 15.8 Å². The molecule has 0 heterocycles. The smallest absolute Gasteiger partial charge is 0.0118 e. The number of hydrogen-bond donors (Lipinski definition) is 0. The molecule has 0 bridgehead atoms. The maximum absolute atomic E-state index is 4.66. The van der Waals surface area contributed by atoms with Crippen LogP contribution in [0.2, 0.25) is 0 Å². The van der Waals surface area contributed by atoms with Crippen LogP contribution in [0.1, 0.15) is 105 Å². The summed E-state index contributed by atoms with van der Waals surface area (Å²) in [5, 5.41) is 0. The van der Waals surface area contributed by atoms with E-state index < -0.39 is 0 Å². The van der Waals surface area contributed by atoms with Crippen LogP contribution in [-0.4, -0.2) is 3.92 Å². The van der Waals surface area contributed by atoms with Gasteiger partial charge in [-0.25, -0.2) is 0 Å². The molecule has 0 spiro atoms. The van der Waals surface area contributed by atoms with E-state index in [1.807, 2.05) is 0 Å². The molecule has 2 aliphatic carbocycles. The van der Waals surface area contributed by atoms with E-state index in [0.29, 0.717) is 11.3 Å². The van der Waals surface area contributed by atoms with Crippen molar-refractivity contribution in [3.8, 4) is 0 Å². The van der Waals surface area contributed by atoms with Gasteiger partial charge < -0.3 is 0 Å². The van der Waals surface area contributed by atoms with Crippen LogP contribution in [0.4, 0.5) is 0 Å². The van der Waals surface area contributed by atoms with Crippen molar-refractivity contribution < 1.29 is 0 Å². The Morgan fingerprint density at radius 3 is 2.04 bits per heavy atom. The molecule has 1 heteroatoms. The van der Waals surface area contributed by atoms with Crippen molar-refractivity contribution in [1.82, 2.24) is 0 Å². The fourth-order valence-corrected chi connectivity index (χ4v) is 6.80. The highest BCUT2D eigenvalue weighted by molar-refractivity contribution is 14.1. The molecule has 26 heavy (non-hydrogen) atoms. The van der Waals surface area contributed by atoms with Gasteiger partial charge in [0.15, 0.2) is 0 Å². The third kappa shape index (κ3) is 5.85. The molecule has 2 aliphatic rings. The van der Waals surface area contributed by atoms with Gasteiger partial charge in [-0.05, 0) is 80.8 Å². The van der Waals surface area contributed by atoms with Crippen LogP contribution >= 0.6 is 22.6 Å². The van der Waals surface area contributed by atoms with Gasteiger partial charge in [0.05, 0.1) is 0 Å². The SMILES string of the molecule is C=C(C(C)=C(C)C)[C@@H](CC(I)CC1CCCC1)C(C)(C)C1CCCCC1. The standard InChI is InChI=1S/C25H43I/c1-18(2)19(3)20(4)24(17-23(26)16-21-12-10-11-13-21)25(5,6)22-14-8-7-9-15-22/h21-24H,4,7-17H2,1-3,5-6H3/t23?,24-/m1/s1. The van der Waals surface area contributed by atoms with Gasteiger partial charge in [0, 0.05) is 3.92 Å². The lowest BCUT2D eigenvalue weighted by Gasteiger charge is -2.45. The summed E-state index contributed by atoms with van der Waals surface area (Å²) in [6, 6.07) is 0. The van der Waals surface area contributed by atoms with Crippen LogP contribution in [0.3, 0.4) is 0 Å². The first-order valence-corrected chi connectivity index (χ1v) is 12.4. The summed E-state index contributed by atoms with van der Waals surface area (Å²) in [7, 11) is 0. The monoisotopic (exact) mass is 470 g/mol. The molecule has 0 aromatic heterocycles. The van der Waals surface area contributed by atoms with Crippen LogP contribution in [0.25, 0.3) is 0 Å². The van der Waals surface area contributed by atoms with E-state index in [9.17, 15) is 0 Å². The molecule has 2 saturated carbocycles. The van der Waals surface area contributed by atoms with Crippen molar-refractivity contribution >= 4 is 22.6 Å². The van der Waals surface area contributed by atoms with Crippen LogP contribution in [-0.2, 0) is 0 Å². The Hall–Kier alpha value is 0.210. The van der Waals surface area contributed by atoms with E-state index in [1.54, 1.807) is 0 Å². The van der Waals surface area contributed by atoms with Gasteiger partial charge in [-0.15, -0.1) is 0 Å². The quantitative estimate of drug-likeness (QED) is 0.189. The summed E-state index contributed by atoms with van der Waals surface area (Å²) in [6.07, 6.45) is 15.8. The largest absolute Gasteiger partial charge is 0.0953 e. The van der Waals surface area contributed by atoms with E-state index in [4.69, 9.17) is 0 Å². The Labute approximate surface area is 177 Å². The van der Waals surface area contributed by atoms with E-state index >= 15 is 0 Å². The van der Waals surface area contributed by atoms with E-state index in [1.165, 1.54) is 87.3 Å². The Balaban J connectivity index is 2.17. The third-order valence-corrected chi connectivity index (χ3v) is 8.78. The summed E-state index contributed by atoms with van der Waals surface area (Å²) in [5.74, 6) is 2.50. The predicted molar refractivity (Wildman–Crippen MR) is 126 cm³/mol. The van der Waals surface area contributed by atoms with Crippen LogP contribution in [0.15, 0.2) is 23.3 Å². The lowest BCUT2D eigenvalue weighted by molar-refractivity contribution is 0.0966. The van der Waals surface area contributed by atoms with E-state index in [2.05, 4.69) is 63.8 Å². The third-order valence-electron chi connectivity index (χ3n) is 7.76. The van der Waals surface area contributed by atoms with Gasteiger partial charge in [0.25, 0.3) is 0 Å². The molecule has 150 valence electrons. The maximum Gasteiger partial charge on any atom is 0.0118 e. The van der Waals surface area contributed by atoms with Crippen molar-refractivity contribution in [2.45, 2.75) is 109 Å². The molecular formula is C25H43I. The van der Waals surface area contributed by atoms with Crippen LogP contribution < -0.4 is 0 Å². The number of rotatable bonds is 8. The lowest BCUT2D eigenvalue weighted by Crippen LogP contribution is -2.36. The van der Waals surface area contributed by atoms with Crippen molar-refractivity contribution in [2.75, 3.05) is 0 Å². The first-order chi connectivity index (χ1) is 12.2. The Bertz CT molecular complexity index is 482. The first-order valence-electron chi connectivity index (χ1n) is 11.2. The molecule has 0 N–H and O–H groups in total. The van der Waals surface area contributed by atoms with Crippen molar-refractivity contribution in [3.63, 3.8) is 0 Å². The van der Waals surface area contributed by atoms with Crippen molar-refractivity contribution in [3.05, 3.63) is 23.3 Å². The number of allylic oxidation sites excluding steroid dienone is 3. The minimum absolute atomic E-state index is 0.368. The second-order valence-electron chi connectivity index (χ2n) is 10.1. The average Bonchev–Trinajstić information content (AvgIpc) is 3.11. The molecule has 0 aliphatic heterocycles. The highest BCUT2D eigenvalue weighted by atomic mass is 127. The highest BCUT2D eigenvalue weighted by Crippen LogP contribution is 2.50. The highest BCUT2D eigenvalue weighted by Gasteiger charge is 2.40. The van der Waals surface area contributed by atoms with Gasteiger partial charge in [-0.1, -0.05) is 93.5 Å². The van der Waals surface area contributed by atoms with Gasteiger partial charge in [0.2, 0.25) is 0 Å². The minimum Gasteiger partial charge on any atom is -0.0953 e. The summed E-state index contributed by atoms with van der Waals surface area (Å²) in [5.41, 5.74) is 4.71. The summed E-state index contributed by atoms with van der Waals surface area (Å²) >= 11 is 2.77. The van der Waals surface area contributed by atoms with Gasteiger partial charge in [-0.2, -0.15) is 0 Å². The zero-order valence-electron chi connectivity index (χ0n) is 18.2. The summed E-state index contributed by atoms with van der Waals surface area (Å²) in [4.78, 5) is 0. The molecule has 0 aromatic rings. The van der Waals surface area contributed by atoms with E-state index in [-0.39, 0.29) is 0 Å². The molecule has 2 atom stereocenters. The average molecular weight is 471 g/mol. The first kappa shape index (κ1) is 22.5. The molecule has 0 saturated heterocycles. The van der Waals surface area contributed by atoms with Gasteiger partial charge >= 0.3 is 0 Å². The second-order valence-corrected chi connectivity index (χ2v) is 11.8. The van der Waals surface area contributed by atoms with Crippen molar-refractivity contribution in [1.29, 1.82) is 0 Å². The van der Waals surface area contributed by atoms with Crippen molar-refractivity contribution in [2.24, 2.45) is 23.2 Å². The molecule has 2 rings (SSSR count). The second kappa shape index (κ2) is 10.1.